The second-order valence-corrected chi connectivity index (χ2v) is 12.3. The van der Waals surface area contributed by atoms with Crippen LogP contribution in [-0.2, 0) is 14.0 Å². The normalized spacial score (nSPS) is 27.1. The van der Waals surface area contributed by atoms with Crippen molar-refractivity contribution in [3.8, 4) is 0 Å². The van der Waals surface area contributed by atoms with E-state index in [0.29, 0.717) is 13.2 Å². The molecule has 0 aromatic carbocycles. The van der Waals surface area contributed by atoms with Crippen molar-refractivity contribution in [3.63, 3.8) is 0 Å². The highest BCUT2D eigenvalue weighted by Gasteiger charge is 2.45. The Labute approximate surface area is 128 Å². The smallest absolute Gasteiger partial charge is 0.416 e. The molecule has 2 amide bonds. The number of amides is 2. The summed E-state index contributed by atoms with van der Waals surface area (Å²) in [6.07, 6.45) is 2.15. The highest BCUT2D eigenvalue weighted by molar-refractivity contribution is 6.74. The molecule has 0 unspecified atom stereocenters. The lowest BCUT2D eigenvalue weighted by Crippen LogP contribution is -2.47. The monoisotopic (exact) mass is 313 g/mol. The van der Waals surface area contributed by atoms with Crippen LogP contribution in [0.15, 0.2) is 0 Å². The first kappa shape index (κ1) is 16.5. The number of rotatable bonds is 3. The molecule has 0 aromatic heterocycles. The largest absolute Gasteiger partial charge is 0.447 e. The highest BCUT2D eigenvalue weighted by atomic mass is 28.4. The highest BCUT2D eigenvalue weighted by Crippen LogP contribution is 2.41. The van der Waals surface area contributed by atoms with Crippen LogP contribution in [0, 0.1) is 5.92 Å². The summed E-state index contributed by atoms with van der Waals surface area (Å²) in [5.41, 5.74) is 0. The molecule has 1 aliphatic heterocycles. The molecule has 0 aromatic rings. The van der Waals surface area contributed by atoms with Crippen molar-refractivity contribution in [3.05, 3.63) is 0 Å². The predicted octanol–water partition coefficient (Wildman–Crippen LogP) is 3.16. The molecule has 6 heteroatoms. The van der Waals surface area contributed by atoms with Crippen molar-refractivity contribution >= 4 is 20.3 Å². The summed E-state index contributed by atoms with van der Waals surface area (Å²) in [6.45, 7) is 11.7. The number of carbonyl (C=O) groups is 2. The third-order valence-corrected chi connectivity index (χ3v) is 9.55. The first-order chi connectivity index (χ1) is 9.63. The van der Waals surface area contributed by atoms with Gasteiger partial charge in [-0.15, -0.1) is 0 Å². The fourth-order valence-electron chi connectivity index (χ4n) is 2.70. The Balaban J connectivity index is 2.07. The standard InChI is InChI=1S/C15H27NO4Si/c1-15(2,3)21(4,5)20-12-8-6-7-11(12)13(17)16-9-10-19-14(16)18/h11-12H,6-10H2,1-5H3/t11-,12-/m0/s1. The zero-order valence-corrected chi connectivity index (χ0v) is 14.8. The van der Waals surface area contributed by atoms with E-state index in [9.17, 15) is 9.59 Å². The maximum absolute atomic E-state index is 12.6. The number of nitrogens with zero attached hydrogens (tertiary/aromatic N) is 1. The maximum Gasteiger partial charge on any atom is 0.416 e. The Morgan fingerprint density at radius 2 is 2.00 bits per heavy atom. The molecule has 0 radical (unpaired) electrons. The van der Waals surface area contributed by atoms with Gasteiger partial charge in [0, 0.05) is 0 Å². The summed E-state index contributed by atoms with van der Waals surface area (Å²) >= 11 is 0. The molecule has 120 valence electrons. The van der Waals surface area contributed by atoms with Crippen molar-refractivity contribution < 1.29 is 18.8 Å². The first-order valence-corrected chi connectivity index (χ1v) is 10.7. The molecule has 0 N–H and O–H groups in total. The fourth-order valence-corrected chi connectivity index (χ4v) is 4.09. The topological polar surface area (TPSA) is 55.8 Å². The van der Waals surface area contributed by atoms with Gasteiger partial charge in [0.25, 0.3) is 0 Å². The van der Waals surface area contributed by atoms with Crippen LogP contribution in [-0.4, -0.2) is 44.5 Å². The molecule has 2 aliphatic rings. The average molecular weight is 313 g/mol. The molecule has 1 saturated heterocycles. The fraction of sp³-hybridized carbons (Fsp3) is 0.867. The van der Waals surface area contributed by atoms with Gasteiger partial charge in [-0.25, -0.2) is 9.69 Å². The van der Waals surface area contributed by atoms with E-state index in [1.165, 1.54) is 4.90 Å². The van der Waals surface area contributed by atoms with Gasteiger partial charge in [-0.3, -0.25) is 4.79 Å². The molecule has 21 heavy (non-hydrogen) atoms. The van der Waals surface area contributed by atoms with Gasteiger partial charge in [-0.05, 0) is 31.0 Å². The summed E-state index contributed by atoms with van der Waals surface area (Å²) in [5, 5.41) is 0.121. The van der Waals surface area contributed by atoms with E-state index in [1.807, 2.05) is 0 Å². The summed E-state index contributed by atoms with van der Waals surface area (Å²) in [4.78, 5) is 25.4. The Morgan fingerprint density at radius 1 is 1.33 bits per heavy atom. The maximum atomic E-state index is 12.6. The first-order valence-electron chi connectivity index (χ1n) is 7.79. The van der Waals surface area contributed by atoms with Crippen molar-refractivity contribution in [1.82, 2.24) is 4.90 Å². The van der Waals surface area contributed by atoms with Crippen LogP contribution < -0.4 is 0 Å². The van der Waals surface area contributed by atoms with Gasteiger partial charge in [-0.2, -0.15) is 0 Å². The number of ether oxygens (including phenoxy) is 1. The molecule has 2 rings (SSSR count). The summed E-state index contributed by atoms with van der Waals surface area (Å²) in [7, 11) is -1.90. The SMILES string of the molecule is CC(C)(C)[Si](C)(C)O[C@H]1CCC[C@@H]1C(=O)N1CCOC1=O. The lowest BCUT2D eigenvalue weighted by molar-refractivity contribution is -0.134. The molecule has 0 bridgehead atoms. The van der Waals surface area contributed by atoms with Gasteiger partial charge in [0.1, 0.15) is 6.61 Å². The Morgan fingerprint density at radius 3 is 2.52 bits per heavy atom. The number of carbonyl (C=O) groups excluding carboxylic acids is 2. The van der Waals surface area contributed by atoms with Crippen LogP contribution in [0.25, 0.3) is 0 Å². The Hall–Kier alpha value is -0.883. The van der Waals surface area contributed by atoms with E-state index in [2.05, 4.69) is 33.9 Å². The molecule has 5 nitrogen and oxygen atoms in total. The molecule has 1 saturated carbocycles. The van der Waals surface area contributed by atoms with Gasteiger partial charge in [0.2, 0.25) is 5.91 Å². The minimum atomic E-state index is -1.90. The van der Waals surface area contributed by atoms with Crippen molar-refractivity contribution in [2.24, 2.45) is 5.92 Å². The van der Waals surface area contributed by atoms with E-state index in [0.717, 1.165) is 19.3 Å². The zero-order chi connectivity index (χ0) is 15.8. The average Bonchev–Trinajstić information content (AvgIpc) is 2.95. The number of hydrogen-bond acceptors (Lipinski definition) is 4. The molecule has 1 aliphatic carbocycles. The second-order valence-electron chi connectivity index (χ2n) is 7.56. The van der Waals surface area contributed by atoms with Crippen molar-refractivity contribution in [1.29, 1.82) is 0 Å². The quantitative estimate of drug-likeness (QED) is 0.751. The molecular weight excluding hydrogens is 286 g/mol. The lowest BCUT2D eigenvalue weighted by atomic mass is 10.0. The van der Waals surface area contributed by atoms with Gasteiger partial charge in [-0.1, -0.05) is 27.2 Å². The Kier molecular flexibility index (Phi) is 4.49. The van der Waals surface area contributed by atoms with Crippen LogP contribution in [0.5, 0.6) is 0 Å². The van der Waals surface area contributed by atoms with Crippen LogP contribution in [0.4, 0.5) is 4.79 Å². The molecular formula is C15H27NO4Si. The van der Waals surface area contributed by atoms with Crippen molar-refractivity contribution in [2.75, 3.05) is 13.2 Å². The summed E-state index contributed by atoms with van der Waals surface area (Å²) in [5.74, 6) is -0.302. The van der Waals surface area contributed by atoms with Crippen LogP contribution in [0.1, 0.15) is 40.0 Å². The van der Waals surface area contributed by atoms with E-state index in [1.54, 1.807) is 0 Å². The van der Waals surface area contributed by atoms with Gasteiger partial charge in [0.15, 0.2) is 8.32 Å². The van der Waals surface area contributed by atoms with E-state index < -0.39 is 14.4 Å². The minimum Gasteiger partial charge on any atom is -0.447 e. The van der Waals surface area contributed by atoms with Gasteiger partial charge >= 0.3 is 6.09 Å². The van der Waals surface area contributed by atoms with E-state index in [-0.39, 0.29) is 23.0 Å². The molecule has 1 heterocycles. The zero-order valence-electron chi connectivity index (χ0n) is 13.8. The number of hydrogen-bond donors (Lipinski definition) is 0. The van der Waals surface area contributed by atoms with E-state index >= 15 is 0 Å². The number of imide groups is 1. The molecule has 0 spiro atoms. The minimum absolute atomic E-state index is 0.0493. The summed E-state index contributed by atoms with van der Waals surface area (Å²) in [6, 6.07) is 0. The second kappa shape index (κ2) is 5.72. The van der Waals surface area contributed by atoms with Crippen molar-refractivity contribution in [2.45, 2.75) is 64.3 Å². The van der Waals surface area contributed by atoms with E-state index in [4.69, 9.17) is 9.16 Å². The van der Waals surface area contributed by atoms with Crippen LogP contribution in [0.2, 0.25) is 18.1 Å². The van der Waals surface area contributed by atoms with Gasteiger partial charge < -0.3 is 9.16 Å². The molecule has 2 atom stereocenters. The summed E-state index contributed by atoms with van der Waals surface area (Å²) < 4.78 is 11.3. The van der Waals surface area contributed by atoms with Gasteiger partial charge in [0.05, 0.1) is 18.6 Å². The van der Waals surface area contributed by atoms with Crippen LogP contribution in [0.3, 0.4) is 0 Å². The predicted molar refractivity (Wildman–Crippen MR) is 82.5 cm³/mol. The Bertz CT molecular complexity index is 430. The van der Waals surface area contributed by atoms with Crippen LogP contribution >= 0.6 is 0 Å². The third-order valence-electron chi connectivity index (χ3n) is 5.05. The number of cyclic esters (lactones) is 1. The molecule has 2 fully saturated rings. The lowest BCUT2D eigenvalue weighted by Gasteiger charge is -2.39. The third kappa shape index (κ3) is 3.31.